The number of likely N-dealkylation sites (tertiary alicyclic amines) is 1. The smallest absolute Gasteiger partial charge is 0.407 e. The molecule has 1 aromatic rings. The molecular weight excluding hydrogens is 344 g/mol. The lowest BCUT2D eigenvalue weighted by atomic mass is 9.93. The average molecular weight is 379 g/mol. The molecule has 0 aliphatic carbocycles. The lowest BCUT2D eigenvalue weighted by Crippen LogP contribution is -2.49. The first-order valence-electron chi connectivity index (χ1n) is 9.70. The molecule has 152 valence electrons. The second-order valence-electron chi connectivity index (χ2n) is 8.05. The molecule has 1 saturated heterocycles. The van der Waals surface area contributed by atoms with Gasteiger partial charge >= 0.3 is 6.09 Å². The van der Waals surface area contributed by atoms with E-state index >= 15 is 0 Å². The Morgan fingerprint density at radius 2 is 2.07 bits per heavy atom. The number of guanidine groups is 1. The maximum absolute atomic E-state index is 11.6. The van der Waals surface area contributed by atoms with Gasteiger partial charge in [0.2, 0.25) is 0 Å². The van der Waals surface area contributed by atoms with E-state index in [1.165, 1.54) is 0 Å². The van der Waals surface area contributed by atoms with Crippen LogP contribution in [0.2, 0.25) is 0 Å². The van der Waals surface area contributed by atoms with Gasteiger partial charge in [0, 0.05) is 45.6 Å². The standard InChI is InChI=1S/C19H34N6O2/c1-15-7-11-24(13-16(15)25-12-10-21-14-25)17(20-5)22-8-6-9-23-18(26)27-19(2,3)4/h10,12,14-16H,6-9,11,13H2,1-5H3,(H,20,22)(H,23,26). The van der Waals surface area contributed by atoms with Gasteiger partial charge in [0.05, 0.1) is 12.4 Å². The molecule has 0 aromatic carbocycles. The third-order valence-corrected chi connectivity index (χ3v) is 4.64. The number of carbonyl (C=O) groups excluding carboxylic acids is 1. The highest BCUT2D eigenvalue weighted by Gasteiger charge is 2.28. The molecule has 8 nitrogen and oxygen atoms in total. The summed E-state index contributed by atoms with van der Waals surface area (Å²) < 4.78 is 7.42. The summed E-state index contributed by atoms with van der Waals surface area (Å²) in [7, 11) is 1.81. The van der Waals surface area contributed by atoms with Crippen molar-refractivity contribution in [2.75, 3.05) is 33.2 Å². The lowest BCUT2D eigenvalue weighted by Gasteiger charge is -2.39. The van der Waals surface area contributed by atoms with Crippen LogP contribution in [0, 0.1) is 5.92 Å². The van der Waals surface area contributed by atoms with E-state index in [-0.39, 0.29) is 6.09 Å². The number of ether oxygens (including phenoxy) is 1. The van der Waals surface area contributed by atoms with Gasteiger partial charge < -0.3 is 24.8 Å². The predicted molar refractivity (Wildman–Crippen MR) is 107 cm³/mol. The van der Waals surface area contributed by atoms with Gasteiger partial charge in [-0.15, -0.1) is 0 Å². The minimum atomic E-state index is -0.471. The first-order valence-corrected chi connectivity index (χ1v) is 9.70. The van der Waals surface area contributed by atoms with Crippen molar-refractivity contribution in [3.8, 4) is 0 Å². The number of piperidine rings is 1. The van der Waals surface area contributed by atoms with Crippen LogP contribution in [0.4, 0.5) is 4.79 Å². The fourth-order valence-corrected chi connectivity index (χ4v) is 3.22. The Balaban J connectivity index is 1.74. The molecular formula is C19H34N6O2. The molecule has 0 radical (unpaired) electrons. The minimum absolute atomic E-state index is 0.375. The van der Waals surface area contributed by atoms with E-state index in [9.17, 15) is 4.79 Å². The van der Waals surface area contributed by atoms with Crippen molar-refractivity contribution in [1.29, 1.82) is 0 Å². The van der Waals surface area contributed by atoms with E-state index in [0.29, 0.717) is 18.5 Å². The highest BCUT2D eigenvalue weighted by atomic mass is 16.6. The zero-order valence-corrected chi connectivity index (χ0v) is 17.2. The second-order valence-corrected chi connectivity index (χ2v) is 8.05. The number of hydrogen-bond donors (Lipinski definition) is 2. The summed E-state index contributed by atoms with van der Waals surface area (Å²) >= 11 is 0. The van der Waals surface area contributed by atoms with Gasteiger partial charge in [-0.3, -0.25) is 4.99 Å². The Hall–Kier alpha value is -2.25. The summed E-state index contributed by atoms with van der Waals surface area (Å²) in [5.41, 5.74) is -0.471. The second kappa shape index (κ2) is 9.62. The fourth-order valence-electron chi connectivity index (χ4n) is 3.22. The summed E-state index contributed by atoms with van der Waals surface area (Å²) in [4.78, 5) is 22.6. The summed E-state index contributed by atoms with van der Waals surface area (Å²) in [6, 6.07) is 0.397. The minimum Gasteiger partial charge on any atom is -0.444 e. The van der Waals surface area contributed by atoms with Gasteiger partial charge in [0.15, 0.2) is 5.96 Å². The highest BCUT2D eigenvalue weighted by Crippen LogP contribution is 2.27. The first-order chi connectivity index (χ1) is 12.8. The van der Waals surface area contributed by atoms with E-state index in [2.05, 4.69) is 37.0 Å². The maximum Gasteiger partial charge on any atom is 0.407 e. The molecule has 8 heteroatoms. The van der Waals surface area contributed by atoms with Crippen LogP contribution in [0.15, 0.2) is 23.7 Å². The van der Waals surface area contributed by atoms with E-state index in [1.54, 1.807) is 0 Å². The van der Waals surface area contributed by atoms with Crippen molar-refractivity contribution >= 4 is 12.1 Å². The SMILES string of the molecule is CN=C(NCCCNC(=O)OC(C)(C)C)N1CCC(C)C(n2ccnc2)C1. The number of imidazole rings is 1. The van der Waals surface area contributed by atoms with E-state index < -0.39 is 5.60 Å². The summed E-state index contributed by atoms with van der Waals surface area (Å²) in [6.07, 6.45) is 7.29. The monoisotopic (exact) mass is 378 g/mol. The Morgan fingerprint density at radius 3 is 2.70 bits per heavy atom. The lowest BCUT2D eigenvalue weighted by molar-refractivity contribution is 0.0527. The van der Waals surface area contributed by atoms with E-state index in [0.717, 1.165) is 38.4 Å². The van der Waals surface area contributed by atoms with Gasteiger partial charge in [-0.25, -0.2) is 9.78 Å². The van der Waals surface area contributed by atoms with Crippen molar-refractivity contribution in [2.24, 2.45) is 10.9 Å². The molecule has 1 aliphatic rings. The van der Waals surface area contributed by atoms with Crippen molar-refractivity contribution in [3.05, 3.63) is 18.7 Å². The molecule has 0 bridgehead atoms. The molecule has 2 rings (SSSR count). The van der Waals surface area contributed by atoms with Crippen LogP contribution in [0.5, 0.6) is 0 Å². The van der Waals surface area contributed by atoms with E-state index in [4.69, 9.17) is 4.74 Å². The van der Waals surface area contributed by atoms with Crippen molar-refractivity contribution in [3.63, 3.8) is 0 Å². The molecule has 0 saturated carbocycles. The van der Waals surface area contributed by atoms with Crippen LogP contribution in [-0.2, 0) is 4.74 Å². The largest absolute Gasteiger partial charge is 0.444 e. The van der Waals surface area contributed by atoms with Crippen LogP contribution in [-0.4, -0.2) is 65.3 Å². The predicted octanol–water partition coefficient (Wildman–Crippen LogP) is 2.26. The number of nitrogens with one attached hydrogen (secondary N) is 2. The molecule has 1 fully saturated rings. The van der Waals surface area contributed by atoms with Gasteiger partial charge in [-0.05, 0) is 39.5 Å². The number of alkyl carbamates (subject to hydrolysis) is 1. The fraction of sp³-hybridized carbons (Fsp3) is 0.737. The average Bonchev–Trinajstić information content (AvgIpc) is 3.11. The zero-order valence-electron chi connectivity index (χ0n) is 17.2. The summed E-state index contributed by atoms with van der Waals surface area (Å²) in [5.74, 6) is 1.51. The molecule has 2 heterocycles. The quantitative estimate of drug-likeness (QED) is 0.466. The molecule has 2 atom stereocenters. The molecule has 0 spiro atoms. The van der Waals surface area contributed by atoms with Crippen molar-refractivity contribution in [2.45, 2.75) is 52.2 Å². The number of aromatic nitrogens is 2. The molecule has 2 N–H and O–H groups in total. The Kier molecular flexibility index (Phi) is 7.50. The van der Waals surface area contributed by atoms with Crippen LogP contribution >= 0.6 is 0 Å². The maximum atomic E-state index is 11.6. The Morgan fingerprint density at radius 1 is 1.33 bits per heavy atom. The van der Waals surface area contributed by atoms with Crippen LogP contribution in [0.1, 0.15) is 46.6 Å². The van der Waals surface area contributed by atoms with Gasteiger partial charge in [-0.1, -0.05) is 6.92 Å². The number of nitrogens with zero attached hydrogens (tertiary/aromatic N) is 4. The highest BCUT2D eigenvalue weighted by molar-refractivity contribution is 5.80. The third-order valence-electron chi connectivity index (χ3n) is 4.64. The molecule has 1 aromatic heterocycles. The first kappa shape index (κ1) is 21.1. The van der Waals surface area contributed by atoms with Gasteiger partial charge in [0.25, 0.3) is 0 Å². The van der Waals surface area contributed by atoms with Crippen molar-refractivity contribution < 1.29 is 9.53 Å². The van der Waals surface area contributed by atoms with Crippen LogP contribution in [0.3, 0.4) is 0 Å². The van der Waals surface area contributed by atoms with Gasteiger partial charge in [0.1, 0.15) is 5.60 Å². The summed E-state index contributed by atoms with van der Waals surface area (Å²) in [5, 5.41) is 6.18. The van der Waals surface area contributed by atoms with Gasteiger partial charge in [-0.2, -0.15) is 0 Å². The number of hydrogen-bond acceptors (Lipinski definition) is 4. The van der Waals surface area contributed by atoms with E-state index in [1.807, 2.05) is 46.5 Å². The topological polar surface area (TPSA) is 83.8 Å². The molecule has 1 aliphatic heterocycles. The Labute approximate surface area is 162 Å². The van der Waals surface area contributed by atoms with Crippen LogP contribution < -0.4 is 10.6 Å². The normalized spacial score (nSPS) is 21.1. The Bertz CT molecular complexity index is 608. The number of rotatable bonds is 5. The molecule has 2 unspecified atom stereocenters. The summed E-state index contributed by atoms with van der Waals surface area (Å²) in [6.45, 7) is 11.1. The zero-order chi connectivity index (χ0) is 19.9. The number of carbonyl (C=O) groups is 1. The molecule has 27 heavy (non-hydrogen) atoms. The van der Waals surface area contributed by atoms with Crippen LogP contribution in [0.25, 0.3) is 0 Å². The number of aliphatic imine (C=N–C) groups is 1. The third kappa shape index (κ3) is 6.77. The molecule has 1 amide bonds. The van der Waals surface area contributed by atoms with Crippen molar-refractivity contribution in [1.82, 2.24) is 25.1 Å². The number of amides is 1.